The summed E-state index contributed by atoms with van der Waals surface area (Å²) in [5, 5.41) is 2.85. The number of cyclic esters (lactones) is 1. The maximum absolute atomic E-state index is 13.5. The van der Waals surface area contributed by atoms with Gasteiger partial charge in [0.15, 0.2) is 0 Å². The van der Waals surface area contributed by atoms with Crippen molar-refractivity contribution in [2.75, 3.05) is 20.3 Å². The molecule has 1 amide bonds. The van der Waals surface area contributed by atoms with Crippen molar-refractivity contribution in [3.63, 3.8) is 0 Å². The fraction of sp³-hybridized carbons (Fsp3) is 0.432. The maximum Gasteiger partial charge on any atom is 0.324 e. The number of nitrogens with one attached hydrogen (secondary N) is 1. The lowest BCUT2D eigenvalue weighted by atomic mass is 9.84. The number of aryl methyl sites for hydroxylation is 1. The third kappa shape index (κ3) is 6.28. The zero-order valence-corrected chi connectivity index (χ0v) is 29.9. The van der Waals surface area contributed by atoms with Crippen molar-refractivity contribution in [3.8, 4) is 22.4 Å². The Labute approximate surface area is 274 Å². The molecule has 242 valence electrons. The number of pyridine rings is 1. The molecule has 4 aromatic rings. The van der Waals surface area contributed by atoms with Crippen molar-refractivity contribution in [2.24, 2.45) is 5.41 Å². The van der Waals surface area contributed by atoms with Crippen LogP contribution >= 0.6 is 0 Å². The molecule has 0 aliphatic carbocycles. The van der Waals surface area contributed by atoms with Gasteiger partial charge in [-0.05, 0) is 86.1 Å². The molecular weight excluding hydrogens is 593 g/mol. The Morgan fingerprint density at radius 2 is 1.93 bits per heavy atom. The molecule has 1 saturated heterocycles. The van der Waals surface area contributed by atoms with E-state index in [-0.39, 0.29) is 35.5 Å². The van der Waals surface area contributed by atoms with E-state index in [1.54, 1.807) is 12.1 Å². The van der Waals surface area contributed by atoms with Crippen molar-refractivity contribution >= 4 is 33.0 Å². The average Bonchev–Trinajstić information content (AvgIpc) is 3.37. The van der Waals surface area contributed by atoms with Gasteiger partial charge in [-0.2, -0.15) is 0 Å². The molecular formula is C37H46N4O4Si. The van der Waals surface area contributed by atoms with Gasteiger partial charge in [-0.1, -0.05) is 44.2 Å². The number of hydrogen-bond acceptors (Lipinski definition) is 6. The minimum Gasteiger partial charge on any atom is -0.464 e. The van der Waals surface area contributed by atoms with Gasteiger partial charge in [0.2, 0.25) is 5.91 Å². The lowest BCUT2D eigenvalue weighted by Crippen LogP contribution is -2.56. The molecule has 9 heteroatoms. The fourth-order valence-corrected chi connectivity index (χ4v) is 7.85. The van der Waals surface area contributed by atoms with E-state index in [0.717, 1.165) is 52.1 Å². The normalized spacial score (nSPS) is 21.2. The number of amides is 1. The number of carbonyl (C=O) groups is 2. The summed E-state index contributed by atoms with van der Waals surface area (Å²) >= 11 is 0. The van der Waals surface area contributed by atoms with E-state index in [1.807, 2.05) is 19.2 Å². The van der Waals surface area contributed by atoms with Crippen LogP contribution in [0.4, 0.5) is 0 Å². The van der Waals surface area contributed by atoms with Gasteiger partial charge in [0.05, 0.1) is 24.1 Å². The van der Waals surface area contributed by atoms with Gasteiger partial charge in [-0.3, -0.25) is 19.6 Å². The van der Waals surface area contributed by atoms with Crippen molar-refractivity contribution in [2.45, 2.75) is 77.6 Å². The van der Waals surface area contributed by atoms with Crippen LogP contribution in [0.25, 0.3) is 33.3 Å². The molecule has 0 saturated carbocycles. The van der Waals surface area contributed by atoms with Gasteiger partial charge < -0.3 is 14.0 Å². The topological polar surface area (TPSA) is 85.7 Å². The van der Waals surface area contributed by atoms with Crippen LogP contribution in [-0.2, 0) is 38.4 Å². The first kappa shape index (κ1) is 32.2. The molecule has 0 spiro atoms. The quantitative estimate of drug-likeness (QED) is 0.238. The summed E-state index contributed by atoms with van der Waals surface area (Å²) in [5.74, 6) is -0.237. The number of methoxy groups -OCH3 is 1. The predicted octanol–water partition coefficient (Wildman–Crippen LogP) is 5.42. The summed E-state index contributed by atoms with van der Waals surface area (Å²) in [7, 11) is 2.43. The van der Waals surface area contributed by atoms with Crippen LogP contribution in [0.3, 0.4) is 0 Å². The van der Waals surface area contributed by atoms with Crippen LogP contribution in [0.15, 0.2) is 60.8 Å². The highest BCUT2D eigenvalue weighted by Gasteiger charge is 2.33. The Hall–Kier alpha value is -3.79. The van der Waals surface area contributed by atoms with Gasteiger partial charge >= 0.3 is 5.97 Å². The smallest absolute Gasteiger partial charge is 0.324 e. The molecule has 8 nitrogen and oxygen atoms in total. The molecule has 1 N–H and O–H groups in total. The standard InChI is InChI=1S/C37H46N4O4Si/c1-6-40-31-15-14-26-20-28(31)29(34(40)27-12-8-16-38-33(27)23(2)44-5)21-37(3,4)22-45-36(43)30-13-9-17-41(39-30)35(42)32(46)19-24-10-7-11-25(26)18-24/h7-8,10-12,14-16,18,20,23,30,32,39H,6,9,13,17,19,21-22H2,1-5,46H3/t23-,30-,32-/m0/s1. The van der Waals surface area contributed by atoms with Gasteiger partial charge in [0.25, 0.3) is 0 Å². The van der Waals surface area contributed by atoms with Gasteiger partial charge in [0, 0.05) is 64.1 Å². The molecule has 4 heterocycles. The SMILES string of the molecule is CCn1c(-c2cccnc2[C@H](C)OC)c2c3cc(ccc31)-c1cccc(c1)C[C@H]([SiH3])C(=O)N1CCC[C@H](N1)C(=O)OCC(C)(C)C2. The minimum absolute atomic E-state index is 0.0630. The molecule has 0 unspecified atom stereocenters. The van der Waals surface area contributed by atoms with Crippen LogP contribution in [0.5, 0.6) is 0 Å². The molecule has 2 aliphatic heterocycles. The molecule has 0 radical (unpaired) electrons. The minimum atomic E-state index is -0.529. The van der Waals surface area contributed by atoms with E-state index in [0.29, 0.717) is 36.0 Å². The Balaban J connectivity index is 1.55. The van der Waals surface area contributed by atoms with E-state index in [4.69, 9.17) is 14.5 Å². The third-order valence-corrected chi connectivity index (χ3v) is 10.4. The first-order valence-electron chi connectivity index (χ1n) is 16.6. The second-order valence-electron chi connectivity index (χ2n) is 13.7. The van der Waals surface area contributed by atoms with E-state index in [1.165, 1.54) is 10.9 Å². The molecule has 3 atom stereocenters. The molecule has 6 rings (SSSR count). The van der Waals surface area contributed by atoms with E-state index < -0.39 is 6.04 Å². The van der Waals surface area contributed by atoms with Gasteiger partial charge in [0.1, 0.15) is 6.04 Å². The summed E-state index contributed by atoms with van der Waals surface area (Å²) in [6, 6.07) is 18.9. The highest BCUT2D eigenvalue weighted by atomic mass is 28.1. The second-order valence-corrected chi connectivity index (χ2v) is 15.1. The Bertz CT molecular complexity index is 1770. The number of ether oxygens (including phenoxy) is 2. The number of nitrogens with zero attached hydrogens (tertiary/aromatic N) is 3. The van der Waals surface area contributed by atoms with Crippen LogP contribution in [0, 0.1) is 5.41 Å². The van der Waals surface area contributed by atoms with Crippen LogP contribution in [0.2, 0.25) is 5.54 Å². The van der Waals surface area contributed by atoms with Gasteiger partial charge in [-0.25, -0.2) is 5.43 Å². The van der Waals surface area contributed by atoms with Crippen molar-refractivity contribution in [3.05, 3.63) is 77.6 Å². The number of hydrogen-bond donors (Lipinski definition) is 1. The molecule has 2 aliphatic rings. The van der Waals surface area contributed by atoms with Crippen LogP contribution < -0.4 is 5.43 Å². The number of esters is 1. The first-order valence-corrected chi connectivity index (χ1v) is 17.7. The summed E-state index contributed by atoms with van der Waals surface area (Å²) < 4.78 is 14.2. The number of aromatic nitrogens is 2. The second kappa shape index (κ2) is 13.1. The van der Waals surface area contributed by atoms with Crippen LogP contribution in [-0.4, -0.2) is 63.0 Å². The maximum atomic E-state index is 13.5. The first-order chi connectivity index (χ1) is 22.1. The largest absolute Gasteiger partial charge is 0.464 e. The zero-order valence-electron chi connectivity index (χ0n) is 27.9. The average molecular weight is 639 g/mol. The molecule has 1 fully saturated rings. The van der Waals surface area contributed by atoms with Crippen molar-refractivity contribution < 1.29 is 19.1 Å². The number of hydrazine groups is 1. The summed E-state index contributed by atoms with van der Waals surface area (Å²) in [5.41, 5.74) is 11.6. The van der Waals surface area contributed by atoms with E-state index in [9.17, 15) is 9.59 Å². The Morgan fingerprint density at radius 3 is 2.72 bits per heavy atom. The summed E-state index contributed by atoms with van der Waals surface area (Å²) in [6.45, 7) is 10.2. The third-order valence-electron chi connectivity index (χ3n) is 9.54. The number of carbonyl (C=O) groups excluding carboxylic acids is 2. The lowest BCUT2D eigenvalue weighted by Gasteiger charge is -2.35. The molecule has 2 aromatic carbocycles. The number of rotatable bonds is 4. The highest BCUT2D eigenvalue weighted by molar-refractivity contribution is 6.23. The number of benzene rings is 2. The molecule has 2 aromatic heterocycles. The Kier molecular flexibility index (Phi) is 9.19. The zero-order chi connectivity index (χ0) is 32.6. The van der Waals surface area contributed by atoms with Crippen molar-refractivity contribution in [1.82, 2.24) is 20.0 Å². The molecule has 6 bridgehead atoms. The van der Waals surface area contributed by atoms with E-state index >= 15 is 0 Å². The number of fused-ring (bicyclic) bond motifs is 6. The lowest BCUT2D eigenvalue weighted by molar-refractivity contribution is -0.154. The predicted molar refractivity (Wildman–Crippen MR) is 185 cm³/mol. The highest BCUT2D eigenvalue weighted by Crippen LogP contribution is 2.42. The Morgan fingerprint density at radius 1 is 1.13 bits per heavy atom. The van der Waals surface area contributed by atoms with E-state index in [2.05, 4.69) is 79.3 Å². The summed E-state index contributed by atoms with van der Waals surface area (Å²) in [4.78, 5) is 31.7. The monoisotopic (exact) mass is 638 g/mol. The van der Waals surface area contributed by atoms with Crippen LogP contribution in [0.1, 0.15) is 63.5 Å². The van der Waals surface area contributed by atoms with Gasteiger partial charge in [-0.15, -0.1) is 0 Å². The summed E-state index contributed by atoms with van der Waals surface area (Å²) in [6.07, 6.45) is 4.41. The van der Waals surface area contributed by atoms with Crippen molar-refractivity contribution in [1.29, 1.82) is 0 Å². The molecule has 46 heavy (non-hydrogen) atoms. The fourth-order valence-electron chi connectivity index (χ4n) is 7.07.